The highest BCUT2D eigenvalue weighted by Crippen LogP contribution is 2.19. The van der Waals surface area contributed by atoms with Crippen LogP contribution in [0.4, 0.5) is 0 Å². The Morgan fingerprint density at radius 3 is 2.80 bits per heavy atom. The molecule has 2 aromatic rings. The molecule has 8 heteroatoms. The minimum absolute atomic E-state index is 0.0997. The van der Waals surface area contributed by atoms with E-state index in [1.807, 2.05) is 6.92 Å². The van der Waals surface area contributed by atoms with Gasteiger partial charge in [-0.3, -0.25) is 4.79 Å². The third-order valence-electron chi connectivity index (χ3n) is 4.34. The second-order valence-corrected chi connectivity index (χ2v) is 8.36. The van der Waals surface area contributed by atoms with Gasteiger partial charge in [0, 0.05) is 38.7 Å². The maximum Gasteiger partial charge on any atom is 0.253 e. The number of carbonyl (C=O) groups excluding carboxylic acids is 1. The molecule has 1 aromatic carbocycles. The molecule has 2 heterocycles. The second-order valence-electron chi connectivity index (χ2n) is 6.28. The normalized spacial score (nSPS) is 17.0. The van der Waals surface area contributed by atoms with Gasteiger partial charge in [-0.05, 0) is 31.0 Å². The summed E-state index contributed by atoms with van der Waals surface area (Å²) in [5.41, 5.74) is 1.86. The van der Waals surface area contributed by atoms with Crippen LogP contribution in [0.5, 0.6) is 0 Å². The SMILES string of the molecule is CCCS(=O)(=O)N1CCCN(C(=O)c2ccc3oc(C)nc3c2)CC1. The smallest absolute Gasteiger partial charge is 0.253 e. The number of carbonyl (C=O) groups is 1. The number of aryl methyl sites for hydroxylation is 1. The van der Waals surface area contributed by atoms with E-state index in [1.165, 1.54) is 4.31 Å². The topological polar surface area (TPSA) is 83.7 Å². The van der Waals surface area contributed by atoms with Crippen molar-refractivity contribution in [1.29, 1.82) is 0 Å². The minimum atomic E-state index is -3.22. The number of sulfonamides is 1. The van der Waals surface area contributed by atoms with E-state index in [0.29, 0.717) is 61.6 Å². The summed E-state index contributed by atoms with van der Waals surface area (Å²) in [6.07, 6.45) is 1.23. The van der Waals surface area contributed by atoms with E-state index < -0.39 is 10.0 Å². The molecule has 7 nitrogen and oxygen atoms in total. The Bertz CT molecular complexity index is 875. The zero-order valence-corrected chi connectivity index (χ0v) is 15.4. The van der Waals surface area contributed by atoms with E-state index in [0.717, 1.165) is 0 Å². The zero-order valence-electron chi connectivity index (χ0n) is 14.6. The fourth-order valence-electron chi connectivity index (χ4n) is 3.12. The van der Waals surface area contributed by atoms with Gasteiger partial charge in [0.15, 0.2) is 11.5 Å². The molecule has 1 aliphatic rings. The second kappa shape index (κ2) is 7.13. The third-order valence-corrected chi connectivity index (χ3v) is 6.42. The van der Waals surface area contributed by atoms with E-state index >= 15 is 0 Å². The molecule has 1 saturated heterocycles. The Kier molecular flexibility index (Phi) is 5.10. The van der Waals surface area contributed by atoms with Crippen molar-refractivity contribution in [1.82, 2.24) is 14.2 Å². The van der Waals surface area contributed by atoms with Gasteiger partial charge in [0.05, 0.1) is 5.75 Å². The van der Waals surface area contributed by atoms with Crippen molar-refractivity contribution in [2.75, 3.05) is 31.9 Å². The molecular weight excluding hydrogens is 342 g/mol. The largest absolute Gasteiger partial charge is 0.441 e. The lowest BCUT2D eigenvalue weighted by Gasteiger charge is -2.22. The third kappa shape index (κ3) is 3.85. The Morgan fingerprint density at radius 2 is 2.04 bits per heavy atom. The molecule has 0 unspecified atom stereocenters. The summed E-state index contributed by atoms with van der Waals surface area (Å²) in [4.78, 5) is 18.8. The van der Waals surface area contributed by atoms with Crippen LogP contribution in [0, 0.1) is 6.92 Å². The predicted molar refractivity (Wildman–Crippen MR) is 94.9 cm³/mol. The number of hydrogen-bond acceptors (Lipinski definition) is 5. The summed E-state index contributed by atoms with van der Waals surface area (Å²) in [5, 5.41) is 0. The van der Waals surface area contributed by atoms with Crippen LogP contribution in [0.1, 0.15) is 36.0 Å². The van der Waals surface area contributed by atoms with E-state index in [9.17, 15) is 13.2 Å². The standard InChI is InChI=1S/C17H23N3O4S/c1-3-11-25(22,23)20-8-4-7-19(9-10-20)17(21)14-5-6-16-15(12-14)18-13(2)24-16/h5-6,12H,3-4,7-11H2,1-2H3. The molecule has 0 saturated carbocycles. The van der Waals surface area contributed by atoms with E-state index in [1.54, 1.807) is 30.0 Å². The van der Waals surface area contributed by atoms with Crippen molar-refractivity contribution in [3.8, 4) is 0 Å². The zero-order chi connectivity index (χ0) is 18.0. The number of oxazole rings is 1. The predicted octanol–water partition coefficient (Wildman–Crippen LogP) is 2.02. The van der Waals surface area contributed by atoms with Gasteiger partial charge < -0.3 is 9.32 Å². The number of nitrogens with zero attached hydrogens (tertiary/aromatic N) is 3. The highest BCUT2D eigenvalue weighted by atomic mass is 32.2. The highest BCUT2D eigenvalue weighted by molar-refractivity contribution is 7.89. The lowest BCUT2D eigenvalue weighted by molar-refractivity contribution is 0.0764. The first-order valence-electron chi connectivity index (χ1n) is 8.55. The van der Waals surface area contributed by atoms with E-state index in [-0.39, 0.29) is 11.7 Å². The van der Waals surface area contributed by atoms with Crippen molar-refractivity contribution in [2.45, 2.75) is 26.7 Å². The van der Waals surface area contributed by atoms with Gasteiger partial charge >= 0.3 is 0 Å². The Labute approximate surface area is 147 Å². The van der Waals surface area contributed by atoms with Crippen LogP contribution >= 0.6 is 0 Å². The van der Waals surface area contributed by atoms with Crippen LogP contribution in [0.15, 0.2) is 22.6 Å². The molecule has 136 valence electrons. The summed E-state index contributed by atoms with van der Waals surface area (Å²) in [7, 11) is -3.22. The van der Waals surface area contributed by atoms with Gasteiger partial charge in [0.2, 0.25) is 10.0 Å². The Hall–Kier alpha value is -1.93. The van der Waals surface area contributed by atoms with Gasteiger partial charge in [-0.1, -0.05) is 6.92 Å². The van der Waals surface area contributed by atoms with Crippen LogP contribution < -0.4 is 0 Å². The van der Waals surface area contributed by atoms with Crippen molar-refractivity contribution in [2.24, 2.45) is 0 Å². The molecule has 0 atom stereocenters. The average Bonchev–Trinajstić information content (AvgIpc) is 2.77. The first-order valence-corrected chi connectivity index (χ1v) is 10.2. The summed E-state index contributed by atoms with van der Waals surface area (Å²) in [6.45, 7) is 5.38. The van der Waals surface area contributed by atoms with E-state index in [4.69, 9.17) is 4.42 Å². The molecular formula is C17H23N3O4S. The van der Waals surface area contributed by atoms with Crippen molar-refractivity contribution in [3.05, 3.63) is 29.7 Å². The number of rotatable bonds is 4. The number of benzene rings is 1. The molecule has 1 aromatic heterocycles. The van der Waals surface area contributed by atoms with Crippen LogP contribution in [-0.2, 0) is 10.0 Å². The van der Waals surface area contributed by atoms with Gasteiger partial charge in [-0.2, -0.15) is 0 Å². The molecule has 0 bridgehead atoms. The van der Waals surface area contributed by atoms with Gasteiger partial charge in [-0.25, -0.2) is 17.7 Å². The van der Waals surface area contributed by atoms with Gasteiger partial charge in [-0.15, -0.1) is 0 Å². The number of hydrogen-bond donors (Lipinski definition) is 0. The molecule has 25 heavy (non-hydrogen) atoms. The summed E-state index contributed by atoms with van der Waals surface area (Å²) in [5.74, 6) is 0.617. The molecule has 0 radical (unpaired) electrons. The van der Waals surface area contributed by atoms with Crippen LogP contribution in [-0.4, -0.2) is 60.4 Å². The summed E-state index contributed by atoms with van der Waals surface area (Å²) in [6, 6.07) is 5.20. The van der Waals surface area contributed by atoms with Crippen LogP contribution in [0.3, 0.4) is 0 Å². The van der Waals surface area contributed by atoms with E-state index in [2.05, 4.69) is 4.98 Å². The van der Waals surface area contributed by atoms with Crippen LogP contribution in [0.2, 0.25) is 0 Å². The minimum Gasteiger partial charge on any atom is -0.441 e. The first kappa shape index (κ1) is 17.9. The fourth-order valence-corrected chi connectivity index (χ4v) is 4.66. The number of fused-ring (bicyclic) bond motifs is 1. The van der Waals surface area contributed by atoms with Gasteiger partial charge in [0.1, 0.15) is 5.52 Å². The maximum absolute atomic E-state index is 12.8. The van der Waals surface area contributed by atoms with Crippen molar-refractivity contribution >= 4 is 27.0 Å². The molecule has 0 spiro atoms. The van der Waals surface area contributed by atoms with Crippen molar-refractivity contribution in [3.63, 3.8) is 0 Å². The van der Waals surface area contributed by atoms with Gasteiger partial charge in [0.25, 0.3) is 5.91 Å². The molecule has 1 fully saturated rings. The first-order chi connectivity index (χ1) is 11.9. The maximum atomic E-state index is 12.8. The van der Waals surface area contributed by atoms with Crippen molar-refractivity contribution < 1.29 is 17.6 Å². The number of aromatic nitrogens is 1. The lowest BCUT2D eigenvalue weighted by Crippen LogP contribution is -2.38. The summed E-state index contributed by atoms with van der Waals surface area (Å²) >= 11 is 0. The lowest BCUT2D eigenvalue weighted by atomic mass is 10.1. The molecule has 1 aliphatic heterocycles. The molecule has 0 aliphatic carbocycles. The molecule has 3 rings (SSSR count). The Balaban J connectivity index is 1.74. The molecule has 0 N–H and O–H groups in total. The average molecular weight is 365 g/mol. The monoisotopic (exact) mass is 365 g/mol. The summed E-state index contributed by atoms with van der Waals surface area (Å²) < 4.78 is 31.4. The molecule has 1 amide bonds. The quantitative estimate of drug-likeness (QED) is 0.828. The Morgan fingerprint density at radius 1 is 1.24 bits per heavy atom. The highest BCUT2D eigenvalue weighted by Gasteiger charge is 2.26. The van der Waals surface area contributed by atoms with Crippen LogP contribution in [0.25, 0.3) is 11.1 Å². The fraction of sp³-hybridized carbons (Fsp3) is 0.529. The number of amides is 1.